The lowest BCUT2D eigenvalue weighted by Crippen LogP contribution is -2.23. The van der Waals surface area contributed by atoms with Gasteiger partial charge in [-0.25, -0.2) is 22.7 Å². The molecular weight excluding hydrogens is 470 g/mol. The maximum absolute atomic E-state index is 12.5. The van der Waals surface area contributed by atoms with Gasteiger partial charge in [-0.15, -0.1) is 11.3 Å². The van der Waals surface area contributed by atoms with Gasteiger partial charge in [0.1, 0.15) is 10.8 Å². The number of thiazole rings is 1. The Hall–Kier alpha value is -2.82. The molecule has 34 heavy (non-hydrogen) atoms. The summed E-state index contributed by atoms with van der Waals surface area (Å²) >= 11 is 1.58. The number of unbranched alkanes of at least 4 members (excludes halogenated alkanes) is 1. The molecule has 8 nitrogen and oxygen atoms in total. The van der Waals surface area contributed by atoms with Gasteiger partial charge in [-0.05, 0) is 36.8 Å². The van der Waals surface area contributed by atoms with E-state index in [2.05, 4.69) is 21.8 Å². The van der Waals surface area contributed by atoms with Gasteiger partial charge in [0.2, 0.25) is 15.9 Å². The Bertz CT molecular complexity index is 1390. The number of fused-ring (bicyclic) bond motifs is 2. The lowest BCUT2D eigenvalue weighted by atomic mass is 10.2. The summed E-state index contributed by atoms with van der Waals surface area (Å²) in [5.41, 5.74) is 2.46. The predicted octanol–water partition coefficient (Wildman–Crippen LogP) is 3.95. The van der Waals surface area contributed by atoms with E-state index in [1.807, 2.05) is 30.3 Å². The van der Waals surface area contributed by atoms with Gasteiger partial charge < -0.3 is 9.88 Å². The first-order valence-electron chi connectivity index (χ1n) is 11.3. The molecule has 0 bridgehead atoms. The quantitative estimate of drug-likeness (QED) is 0.356. The highest BCUT2D eigenvalue weighted by molar-refractivity contribution is 7.89. The highest BCUT2D eigenvalue weighted by atomic mass is 32.2. The number of imidazole rings is 1. The Morgan fingerprint density at radius 3 is 2.65 bits per heavy atom. The van der Waals surface area contributed by atoms with Crippen molar-refractivity contribution in [3.63, 3.8) is 0 Å². The fourth-order valence-corrected chi connectivity index (χ4v) is 5.60. The van der Waals surface area contributed by atoms with E-state index in [-0.39, 0.29) is 10.8 Å². The number of carbonyl (C=O) groups is 1. The topological polar surface area (TPSA) is 97.2 Å². The average Bonchev–Trinajstić information content (AvgIpc) is 3.40. The fraction of sp³-hybridized carbons (Fsp3) is 0.375. The molecule has 4 rings (SSSR count). The highest BCUT2D eigenvalue weighted by Crippen LogP contribution is 2.24. The first-order chi connectivity index (χ1) is 16.3. The molecule has 0 saturated heterocycles. The maximum atomic E-state index is 12.5. The van der Waals surface area contributed by atoms with Crippen molar-refractivity contribution in [1.29, 1.82) is 0 Å². The summed E-state index contributed by atoms with van der Waals surface area (Å²) in [4.78, 5) is 22.0. The van der Waals surface area contributed by atoms with Crippen LogP contribution in [0.4, 0.5) is 0 Å². The monoisotopic (exact) mass is 499 g/mol. The number of nitrogens with one attached hydrogen (secondary N) is 1. The molecule has 10 heteroatoms. The van der Waals surface area contributed by atoms with E-state index in [9.17, 15) is 13.2 Å². The molecule has 0 unspecified atom stereocenters. The van der Waals surface area contributed by atoms with E-state index >= 15 is 0 Å². The average molecular weight is 500 g/mol. The van der Waals surface area contributed by atoms with Crippen LogP contribution in [0, 0.1) is 0 Å². The van der Waals surface area contributed by atoms with Crippen LogP contribution in [-0.4, -0.2) is 47.3 Å². The minimum atomic E-state index is -3.54. The normalized spacial score (nSPS) is 12.1. The molecule has 2 aromatic carbocycles. The van der Waals surface area contributed by atoms with Crippen molar-refractivity contribution < 1.29 is 13.2 Å². The number of hydrogen-bond acceptors (Lipinski definition) is 6. The zero-order valence-electron chi connectivity index (χ0n) is 19.6. The molecule has 180 valence electrons. The summed E-state index contributed by atoms with van der Waals surface area (Å²) in [5, 5.41) is 3.83. The molecule has 0 atom stereocenters. The zero-order valence-corrected chi connectivity index (χ0v) is 21.2. The first kappa shape index (κ1) is 24.3. The summed E-state index contributed by atoms with van der Waals surface area (Å²) < 4.78 is 29.5. The van der Waals surface area contributed by atoms with Gasteiger partial charge in [0.15, 0.2) is 0 Å². The molecule has 0 radical (unpaired) electrons. The number of carbonyl (C=O) groups excluding carboxylic acids is 1. The largest absolute Gasteiger partial charge is 0.350 e. The Morgan fingerprint density at radius 2 is 1.91 bits per heavy atom. The number of nitrogens with zero attached hydrogens (tertiary/aromatic N) is 4. The summed E-state index contributed by atoms with van der Waals surface area (Å²) in [6.45, 7) is 3.29. The van der Waals surface area contributed by atoms with E-state index in [0.717, 1.165) is 46.0 Å². The molecule has 2 heterocycles. The molecule has 0 aliphatic heterocycles. The van der Waals surface area contributed by atoms with Crippen LogP contribution >= 0.6 is 11.3 Å². The molecule has 0 aliphatic rings. The predicted molar refractivity (Wildman–Crippen MR) is 135 cm³/mol. The number of benzene rings is 2. The molecule has 4 aromatic rings. The second-order valence-corrected chi connectivity index (χ2v) is 11.6. The molecule has 0 aliphatic carbocycles. The number of para-hydroxylation sites is 1. The maximum Gasteiger partial charge on any atom is 0.242 e. The van der Waals surface area contributed by atoms with E-state index < -0.39 is 10.0 Å². The number of amides is 1. The van der Waals surface area contributed by atoms with E-state index in [1.165, 1.54) is 18.4 Å². The lowest BCUT2D eigenvalue weighted by molar-refractivity contribution is -0.121. The summed E-state index contributed by atoms with van der Waals surface area (Å²) in [5.74, 6) is 0.724. The number of aryl methyl sites for hydroxylation is 2. The van der Waals surface area contributed by atoms with Crippen LogP contribution in [0.1, 0.15) is 37.0 Å². The Kier molecular flexibility index (Phi) is 7.30. The van der Waals surface area contributed by atoms with Crippen molar-refractivity contribution in [2.24, 2.45) is 0 Å². The third kappa shape index (κ3) is 5.13. The van der Waals surface area contributed by atoms with Crippen LogP contribution in [0.25, 0.3) is 21.3 Å². The summed E-state index contributed by atoms with van der Waals surface area (Å²) in [7, 11) is -0.520. The van der Waals surface area contributed by atoms with Crippen molar-refractivity contribution in [2.45, 2.75) is 50.6 Å². The Morgan fingerprint density at radius 1 is 1.12 bits per heavy atom. The zero-order chi connectivity index (χ0) is 24.3. The highest BCUT2D eigenvalue weighted by Gasteiger charge is 2.20. The van der Waals surface area contributed by atoms with Gasteiger partial charge in [-0.1, -0.05) is 25.5 Å². The summed E-state index contributed by atoms with van der Waals surface area (Å²) in [6.07, 6.45) is 2.76. The Balaban J connectivity index is 1.48. The van der Waals surface area contributed by atoms with E-state index in [1.54, 1.807) is 23.5 Å². The second kappa shape index (κ2) is 10.2. The number of hydrogen-bond donors (Lipinski definition) is 1. The van der Waals surface area contributed by atoms with Crippen LogP contribution in [0.15, 0.2) is 47.4 Å². The minimum Gasteiger partial charge on any atom is -0.350 e. The molecular formula is C24H29N5O3S2. The van der Waals surface area contributed by atoms with E-state index in [0.29, 0.717) is 24.9 Å². The molecule has 0 saturated carbocycles. The molecule has 2 aromatic heterocycles. The van der Waals surface area contributed by atoms with Crippen molar-refractivity contribution >= 4 is 48.5 Å². The van der Waals surface area contributed by atoms with Gasteiger partial charge in [0.25, 0.3) is 0 Å². The Labute approximate surface area is 203 Å². The van der Waals surface area contributed by atoms with Crippen molar-refractivity contribution in [1.82, 2.24) is 24.2 Å². The van der Waals surface area contributed by atoms with Gasteiger partial charge in [0.05, 0.1) is 32.7 Å². The molecule has 0 spiro atoms. The first-order valence-corrected chi connectivity index (χ1v) is 13.6. The van der Waals surface area contributed by atoms with Gasteiger partial charge in [-0.2, -0.15) is 0 Å². The fourth-order valence-electron chi connectivity index (χ4n) is 3.77. The second-order valence-electron chi connectivity index (χ2n) is 8.32. The third-order valence-electron chi connectivity index (χ3n) is 5.66. The van der Waals surface area contributed by atoms with Crippen molar-refractivity contribution in [2.75, 3.05) is 14.1 Å². The van der Waals surface area contributed by atoms with Crippen LogP contribution < -0.4 is 5.32 Å². The molecule has 0 fully saturated rings. The van der Waals surface area contributed by atoms with Gasteiger partial charge >= 0.3 is 0 Å². The molecule has 1 N–H and O–H groups in total. The summed E-state index contributed by atoms with van der Waals surface area (Å²) in [6, 6.07) is 13.0. The van der Waals surface area contributed by atoms with Gasteiger partial charge in [-0.3, -0.25) is 4.79 Å². The lowest BCUT2D eigenvalue weighted by Gasteiger charge is -2.11. The van der Waals surface area contributed by atoms with Gasteiger partial charge in [0, 0.05) is 33.5 Å². The van der Waals surface area contributed by atoms with Crippen molar-refractivity contribution in [3.05, 3.63) is 53.3 Å². The minimum absolute atomic E-state index is 0.0655. The van der Waals surface area contributed by atoms with Crippen LogP contribution in [0.2, 0.25) is 0 Å². The van der Waals surface area contributed by atoms with Crippen molar-refractivity contribution in [3.8, 4) is 0 Å². The number of rotatable bonds is 10. The van der Waals surface area contributed by atoms with Crippen LogP contribution in [0.3, 0.4) is 0 Å². The van der Waals surface area contributed by atoms with Crippen LogP contribution in [-0.2, 0) is 34.3 Å². The SMILES string of the molecule is CCCCn1c(CCC(=O)NCc2nc3ccccc3s2)nc2cc(S(=O)(=O)N(C)C)ccc21. The smallest absolute Gasteiger partial charge is 0.242 e. The van der Waals surface area contributed by atoms with E-state index in [4.69, 9.17) is 4.98 Å². The third-order valence-corrected chi connectivity index (χ3v) is 8.51. The number of sulfonamides is 1. The standard InChI is InChI=1S/C24H29N5O3S2/c1-4-5-14-29-20-11-10-17(34(31,32)28(2)3)15-19(20)26-22(29)12-13-23(30)25-16-24-27-18-8-6-7-9-21(18)33-24/h6-11,15H,4-5,12-14,16H2,1-3H3,(H,25,30). The molecule has 1 amide bonds. The number of aromatic nitrogens is 3. The van der Waals surface area contributed by atoms with Crippen LogP contribution in [0.5, 0.6) is 0 Å².